The van der Waals surface area contributed by atoms with Gasteiger partial charge in [0, 0.05) is 13.2 Å². The number of carbonyl (C=O) groups is 1. The Labute approximate surface area is 130 Å². The van der Waals surface area contributed by atoms with Gasteiger partial charge in [0.2, 0.25) is 5.91 Å². The molecule has 1 amide bonds. The molecule has 1 aromatic rings. The average Bonchev–Trinajstić information content (AvgIpc) is 3.04. The number of aromatic nitrogens is 2. The number of nitrogens with zero attached hydrogens (tertiary/aromatic N) is 2. The van der Waals surface area contributed by atoms with Crippen LogP contribution in [0.15, 0.2) is 0 Å². The molecule has 0 unspecified atom stereocenters. The molecule has 1 N–H and O–H groups in total. The van der Waals surface area contributed by atoms with E-state index in [1.54, 1.807) is 0 Å². The highest BCUT2D eigenvalue weighted by Gasteiger charge is 2.39. The number of rotatable bonds is 4. The molecule has 5 nitrogen and oxygen atoms in total. The fraction of sp³-hybridized carbons (Fsp3) is 0.692. The third kappa shape index (κ3) is 3.55. The maximum Gasteiger partial charge on any atom is 0.436 e. The fourth-order valence-electron chi connectivity index (χ4n) is 2.34. The van der Waals surface area contributed by atoms with Crippen LogP contribution in [0.3, 0.4) is 0 Å². The van der Waals surface area contributed by atoms with E-state index in [1.165, 1.54) is 13.8 Å². The van der Waals surface area contributed by atoms with Gasteiger partial charge in [-0.3, -0.25) is 9.48 Å². The van der Waals surface area contributed by atoms with E-state index in [0.717, 1.165) is 17.5 Å². The number of hydrogen-bond acceptors (Lipinski definition) is 3. The van der Waals surface area contributed by atoms with Gasteiger partial charge in [-0.25, -0.2) is 0 Å². The Balaban J connectivity index is 2.08. The third-order valence-electron chi connectivity index (χ3n) is 3.62. The number of halogens is 4. The zero-order chi connectivity index (χ0) is 16.5. The second kappa shape index (κ2) is 6.45. The summed E-state index contributed by atoms with van der Waals surface area (Å²) in [4.78, 5) is 12.1. The van der Waals surface area contributed by atoms with Crippen molar-refractivity contribution in [1.82, 2.24) is 15.1 Å². The van der Waals surface area contributed by atoms with Crippen LogP contribution in [0.1, 0.15) is 37.2 Å². The summed E-state index contributed by atoms with van der Waals surface area (Å²) in [6.45, 7) is 3.87. The summed E-state index contributed by atoms with van der Waals surface area (Å²) in [7, 11) is 0. The number of nitrogens with one attached hydrogen (secondary N) is 1. The van der Waals surface area contributed by atoms with Crippen LogP contribution in [0.5, 0.6) is 0 Å². The molecule has 1 aliphatic rings. The Morgan fingerprint density at radius 1 is 1.59 bits per heavy atom. The molecular weight excluding hydrogens is 323 g/mol. The molecule has 2 rings (SSSR count). The van der Waals surface area contributed by atoms with Gasteiger partial charge in [0.25, 0.3) is 0 Å². The summed E-state index contributed by atoms with van der Waals surface area (Å²) >= 11 is 5.67. The van der Waals surface area contributed by atoms with E-state index in [0.29, 0.717) is 13.2 Å². The maximum atomic E-state index is 12.8. The Hall–Kier alpha value is -1.28. The minimum absolute atomic E-state index is 0.0378. The largest absolute Gasteiger partial charge is 0.436 e. The summed E-state index contributed by atoms with van der Waals surface area (Å²) in [5.41, 5.74) is -1.07. The molecule has 0 radical (unpaired) electrons. The summed E-state index contributed by atoms with van der Waals surface area (Å²) in [5.74, 6) is -0.425. The SMILES string of the molecule is Cc1c(Cl)c(C(F)(F)F)nn1[C@H](C)C(=O)NC[C@H]1CCCO1. The summed E-state index contributed by atoms with van der Waals surface area (Å²) in [6.07, 6.45) is -2.89. The van der Waals surface area contributed by atoms with Crippen molar-refractivity contribution in [2.45, 2.75) is 45.0 Å². The van der Waals surface area contributed by atoms with Gasteiger partial charge in [0.1, 0.15) is 6.04 Å². The molecule has 0 bridgehead atoms. The van der Waals surface area contributed by atoms with Crippen molar-refractivity contribution in [2.24, 2.45) is 0 Å². The molecule has 2 atom stereocenters. The molecule has 1 aliphatic heterocycles. The maximum absolute atomic E-state index is 12.8. The molecule has 9 heteroatoms. The van der Waals surface area contributed by atoms with E-state index in [4.69, 9.17) is 16.3 Å². The van der Waals surface area contributed by atoms with E-state index in [1.807, 2.05) is 0 Å². The molecule has 1 aromatic heterocycles. The predicted molar refractivity (Wildman–Crippen MR) is 73.7 cm³/mol. The molecule has 1 fully saturated rings. The molecule has 1 saturated heterocycles. The number of alkyl halides is 3. The number of carbonyl (C=O) groups excluding carboxylic acids is 1. The zero-order valence-electron chi connectivity index (χ0n) is 12.2. The number of hydrogen-bond donors (Lipinski definition) is 1. The zero-order valence-corrected chi connectivity index (χ0v) is 13.0. The van der Waals surface area contributed by atoms with Crippen molar-refractivity contribution in [3.8, 4) is 0 Å². The van der Waals surface area contributed by atoms with Gasteiger partial charge in [-0.05, 0) is 26.7 Å². The molecule has 0 spiro atoms. The van der Waals surface area contributed by atoms with Gasteiger partial charge in [-0.2, -0.15) is 18.3 Å². The number of amides is 1. The highest BCUT2D eigenvalue weighted by atomic mass is 35.5. The molecule has 0 aromatic carbocycles. The Morgan fingerprint density at radius 3 is 2.77 bits per heavy atom. The van der Waals surface area contributed by atoms with E-state index in [-0.39, 0.29) is 11.8 Å². The monoisotopic (exact) mass is 339 g/mol. The Kier molecular flexibility index (Phi) is 5.01. The van der Waals surface area contributed by atoms with Crippen LogP contribution < -0.4 is 5.32 Å². The summed E-state index contributed by atoms with van der Waals surface area (Å²) in [6, 6.07) is -0.894. The lowest BCUT2D eigenvalue weighted by atomic mass is 10.2. The summed E-state index contributed by atoms with van der Waals surface area (Å²) < 4.78 is 44.7. The van der Waals surface area contributed by atoms with Gasteiger partial charge in [0.05, 0.1) is 16.8 Å². The van der Waals surface area contributed by atoms with Crippen molar-refractivity contribution in [3.63, 3.8) is 0 Å². The molecular formula is C13H17ClF3N3O2. The first-order valence-corrected chi connectivity index (χ1v) is 7.30. The molecule has 2 heterocycles. The minimum Gasteiger partial charge on any atom is -0.376 e. The highest BCUT2D eigenvalue weighted by Crippen LogP contribution is 2.36. The standard InChI is InChI=1S/C13H17ClF3N3O2/c1-7-10(14)11(13(15,16)17)19-20(7)8(2)12(21)18-6-9-4-3-5-22-9/h8-9H,3-6H2,1-2H3,(H,18,21)/t8-,9-/m1/s1. The lowest BCUT2D eigenvalue weighted by Gasteiger charge is -2.16. The minimum atomic E-state index is -4.65. The van der Waals surface area contributed by atoms with Gasteiger partial charge >= 0.3 is 6.18 Å². The second-order valence-corrected chi connectivity index (χ2v) is 5.62. The van der Waals surface area contributed by atoms with E-state index in [2.05, 4.69) is 10.4 Å². The van der Waals surface area contributed by atoms with Crippen molar-refractivity contribution in [2.75, 3.05) is 13.2 Å². The predicted octanol–water partition coefficient (Wildman–Crippen LogP) is 2.72. The van der Waals surface area contributed by atoms with Crippen molar-refractivity contribution in [1.29, 1.82) is 0 Å². The van der Waals surface area contributed by atoms with E-state index in [9.17, 15) is 18.0 Å². The van der Waals surface area contributed by atoms with Gasteiger partial charge < -0.3 is 10.1 Å². The first-order chi connectivity index (χ1) is 10.2. The molecule has 0 aliphatic carbocycles. The highest BCUT2D eigenvalue weighted by molar-refractivity contribution is 6.32. The van der Waals surface area contributed by atoms with Gasteiger partial charge in [-0.1, -0.05) is 11.6 Å². The topological polar surface area (TPSA) is 56.2 Å². The van der Waals surface area contributed by atoms with Crippen LogP contribution in [0, 0.1) is 6.92 Å². The Morgan fingerprint density at radius 2 is 2.27 bits per heavy atom. The van der Waals surface area contributed by atoms with Crippen molar-refractivity contribution < 1.29 is 22.7 Å². The van der Waals surface area contributed by atoms with Crippen LogP contribution in [-0.4, -0.2) is 34.9 Å². The smallest absolute Gasteiger partial charge is 0.376 e. The molecule has 0 saturated carbocycles. The van der Waals surface area contributed by atoms with E-state index >= 15 is 0 Å². The summed E-state index contributed by atoms with van der Waals surface area (Å²) in [5, 5.41) is 5.64. The molecule has 22 heavy (non-hydrogen) atoms. The average molecular weight is 340 g/mol. The van der Waals surface area contributed by atoms with Crippen LogP contribution in [0.4, 0.5) is 13.2 Å². The second-order valence-electron chi connectivity index (χ2n) is 5.25. The first-order valence-electron chi connectivity index (χ1n) is 6.93. The normalized spacial score (nSPS) is 20.2. The number of ether oxygens (including phenoxy) is 1. The third-order valence-corrected chi connectivity index (χ3v) is 4.07. The first kappa shape index (κ1) is 17.1. The van der Waals surface area contributed by atoms with Crippen LogP contribution in [-0.2, 0) is 15.7 Å². The lowest BCUT2D eigenvalue weighted by molar-refractivity contribution is -0.141. The lowest BCUT2D eigenvalue weighted by Crippen LogP contribution is -2.36. The fourth-order valence-corrected chi connectivity index (χ4v) is 2.57. The van der Waals surface area contributed by atoms with Crippen LogP contribution in [0.25, 0.3) is 0 Å². The molecule has 124 valence electrons. The van der Waals surface area contributed by atoms with E-state index < -0.39 is 28.8 Å². The quantitative estimate of drug-likeness (QED) is 0.917. The van der Waals surface area contributed by atoms with Crippen molar-refractivity contribution in [3.05, 3.63) is 16.4 Å². The van der Waals surface area contributed by atoms with Gasteiger partial charge in [0.15, 0.2) is 5.69 Å². The van der Waals surface area contributed by atoms with Crippen LogP contribution in [0.2, 0.25) is 5.02 Å². The van der Waals surface area contributed by atoms with Crippen LogP contribution >= 0.6 is 11.6 Å². The van der Waals surface area contributed by atoms with Gasteiger partial charge in [-0.15, -0.1) is 0 Å². The van der Waals surface area contributed by atoms with Crippen molar-refractivity contribution >= 4 is 17.5 Å². The Bertz CT molecular complexity index is 553.